The minimum Gasteiger partial charge on any atom is -0.465 e. The summed E-state index contributed by atoms with van der Waals surface area (Å²) in [6.45, 7) is 7.79. The van der Waals surface area contributed by atoms with Crippen LogP contribution in [-0.2, 0) is 33.1 Å². The van der Waals surface area contributed by atoms with Gasteiger partial charge in [0.05, 0.1) is 13.2 Å². The molecule has 0 fully saturated rings. The Bertz CT molecular complexity index is 406. The van der Waals surface area contributed by atoms with Crippen LogP contribution in [0.4, 0.5) is 0 Å². The van der Waals surface area contributed by atoms with Crippen LogP contribution in [0.3, 0.4) is 0 Å². The quantitative estimate of drug-likeness (QED) is 0.387. The van der Waals surface area contributed by atoms with Crippen LogP contribution in [0.25, 0.3) is 0 Å². The fourth-order valence-corrected chi connectivity index (χ4v) is 4.94. The number of carbonyl (C=O) groups excluding carboxylic acids is 2. The smallest absolute Gasteiger partial charge is 0.338 e. The molecule has 0 saturated carbocycles. The van der Waals surface area contributed by atoms with Gasteiger partial charge in [-0.3, -0.25) is 0 Å². The molecule has 0 rings (SSSR count). The van der Waals surface area contributed by atoms with Crippen LogP contribution in [-0.4, -0.2) is 47.1 Å². The highest BCUT2D eigenvalue weighted by molar-refractivity contribution is 7.90. The maximum Gasteiger partial charge on any atom is 0.338 e. The Hall–Kier alpha value is -0.933. The van der Waals surface area contributed by atoms with Crippen molar-refractivity contribution >= 4 is 30.4 Å². The number of carbonyl (C=O) groups is 2. The van der Waals surface area contributed by atoms with Crippen LogP contribution >= 0.6 is 0 Å². The molecule has 0 unspecified atom stereocenters. The lowest BCUT2D eigenvalue weighted by Crippen LogP contribution is -2.45. The summed E-state index contributed by atoms with van der Waals surface area (Å²) in [4.78, 5) is 23.3. The van der Waals surface area contributed by atoms with E-state index in [1.54, 1.807) is 19.6 Å². The molecule has 0 aromatic rings. The normalized spacial score (nSPS) is 12.3. The molecule has 9 heteroatoms. The molecule has 0 aromatic heterocycles. The molecule has 0 radical (unpaired) electrons. The molecule has 0 aliphatic rings. The van der Waals surface area contributed by atoms with Gasteiger partial charge < -0.3 is 13.3 Å². The molecule has 112 valence electrons. The largest absolute Gasteiger partial charge is 0.465 e. The fraction of sp³-hybridized carbons (Fsp3) is 0.800. The molecule has 0 bridgehead atoms. The highest BCUT2D eigenvalue weighted by Crippen LogP contribution is 2.16. The number of rotatable bonds is 7. The Balaban J connectivity index is 5.35. The Morgan fingerprint density at radius 1 is 1.00 bits per heavy atom. The van der Waals surface area contributed by atoms with Crippen molar-refractivity contribution in [2.45, 2.75) is 38.7 Å². The van der Waals surface area contributed by atoms with Crippen LogP contribution in [0.15, 0.2) is 0 Å². The molecule has 0 N–H and O–H groups in total. The minimum atomic E-state index is -4.41. The Labute approximate surface area is 114 Å². The van der Waals surface area contributed by atoms with Crippen molar-refractivity contribution in [3.8, 4) is 0 Å². The molecule has 0 amide bonds. The monoisotopic (exact) mass is 312 g/mol. The third-order valence-corrected chi connectivity index (χ3v) is 5.55. The average Bonchev–Trinajstić information content (AvgIpc) is 2.13. The van der Waals surface area contributed by atoms with Gasteiger partial charge in [-0.2, -0.15) is 8.42 Å². The summed E-state index contributed by atoms with van der Waals surface area (Å²) < 4.78 is 38.1. The summed E-state index contributed by atoms with van der Waals surface area (Å²) in [6.07, 6.45) is 0. The summed E-state index contributed by atoms with van der Waals surface area (Å²) >= 11 is 0. The molecule has 7 nitrogen and oxygen atoms in total. The van der Waals surface area contributed by atoms with Crippen LogP contribution in [0, 0.1) is 0 Å². The van der Waals surface area contributed by atoms with Gasteiger partial charge in [0.25, 0.3) is 15.4 Å². The van der Waals surface area contributed by atoms with Crippen molar-refractivity contribution < 1.29 is 31.4 Å². The van der Waals surface area contributed by atoms with E-state index in [4.69, 9.17) is 3.87 Å². The Kier molecular flexibility index (Phi) is 6.67. The predicted molar refractivity (Wildman–Crippen MR) is 70.4 cm³/mol. The number of hydrogen-bond acceptors (Lipinski definition) is 7. The molecule has 0 spiro atoms. The van der Waals surface area contributed by atoms with E-state index in [1.807, 2.05) is 0 Å². The van der Waals surface area contributed by atoms with E-state index in [2.05, 4.69) is 9.47 Å². The van der Waals surface area contributed by atoms with Crippen LogP contribution in [0.1, 0.15) is 13.8 Å². The SMILES string of the molecule is CCOC(=O)C(C(=O)OCC)S(=O)(=O)O[Si](C)(C)C. The zero-order valence-corrected chi connectivity index (χ0v) is 13.6. The third-order valence-electron chi connectivity index (χ3n) is 1.66. The number of hydrogen-bond donors (Lipinski definition) is 0. The minimum absolute atomic E-state index is 0.0444. The zero-order chi connectivity index (χ0) is 15.3. The van der Waals surface area contributed by atoms with Gasteiger partial charge in [-0.05, 0) is 33.5 Å². The number of esters is 2. The van der Waals surface area contributed by atoms with Gasteiger partial charge in [0.1, 0.15) is 0 Å². The van der Waals surface area contributed by atoms with Crippen LogP contribution in [0.5, 0.6) is 0 Å². The van der Waals surface area contributed by atoms with Crippen molar-refractivity contribution in [3.63, 3.8) is 0 Å². The van der Waals surface area contributed by atoms with E-state index < -0.39 is 35.6 Å². The molecule has 0 aliphatic heterocycles. The first kappa shape index (κ1) is 18.1. The fourth-order valence-electron chi connectivity index (χ4n) is 1.16. The van der Waals surface area contributed by atoms with Crippen molar-refractivity contribution in [1.29, 1.82) is 0 Å². The molecule has 0 aliphatic carbocycles. The molecule has 0 saturated heterocycles. The summed E-state index contributed by atoms with van der Waals surface area (Å²) in [5.41, 5.74) is 0. The topological polar surface area (TPSA) is 96.0 Å². The summed E-state index contributed by atoms with van der Waals surface area (Å²) in [7, 11) is -6.91. The standard InChI is InChI=1S/C10H20O7SSi/c1-6-15-9(11)8(10(12)16-7-2)18(13,14)17-19(3,4)5/h8H,6-7H2,1-5H3. The summed E-state index contributed by atoms with van der Waals surface area (Å²) in [5.74, 6) is -2.36. The second-order valence-corrected chi connectivity index (χ2v) is 10.9. The molecular weight excluding hydrogens is 292 g/mol. The van der Waals surface area contributed by atoms with E-state index in [9.17, 15) is 18.0 Å². The molecular formula is C10H20O7SSi. The van der Waals surface area contributed by atoms with Gasteiger partial charge in [0.2, 0.25) is 8.32 Å². The first-order valence-electron chi connectivity index (χ1n) is 5.83. The highest BCUT2D eigenvalue weighted by Gasteiger charge is 2.45. The first-order valence-corrected chi connectivity index (χ1v) is 10.7. The Morgan fingerprint density at radius 2 is 1.37 bits per heavy atom. The second kappa shape index (κ2) is 7.01. The van der Waals surface area contributed by atoms with E-state index in [0.717, 1.165) is 0 Å². The average molecular weight is 312 g/mol. The van der Waals surface area contributed by atoms with Crippen LogP contribution in [0.2, 0.25) is 19.6 Å². The van der Waals surface area contributed by atoms with E-state index >= 15 is 0 Å². The van der Waals surface area contributed by atoms with Gasteiger partial charge >= 0.3 is 11.9 Å². The van der Waals surface area contributed by atoms with Gasteiger partial charge in [0, 0.05) is 0 Å². The lowest BCUT2D eigenvalue weighted by atomic mass is 10.4. The molecule has 0 heterocycles. The van der Waals surface area contributed by atoms with E-state index in [1.165, 1.54) is 13.8 Å². The summed E-state index contributed by atoms with van der Waals surface area (Å²) in [6, 6.07) is 0. The van der Waals surface area contributed by atoms with Gasteiger partial charge in [-0.1, -0.05) is 0 Å². The number of ether oxygens (including phenoxy) is 2. The maximum absolute atomic E-state index is 12.0. The third kappa shape index (κ3) is 6.17. The van der Waals surface area contributed by atoms with Crippen molar-refractivity contribution in [2.24, 2.45) is 0 Å². The van der Waals surface area contributed by atoms with Gasteiger partial charge in [-0.25, -0.2) is 9.59 Å². The van der Waals surface area contributed by atoms with Crippen LogP contribution < -0.4 is 0 Å². The van der Waals surface area contributed by atoms with Crippen molar-refractivity contribution in [1.82, 2.24) is 0 Å². The van der Waals surface area contributed by atoms with Gasteiger partial charge in [-0.15, -0.1) is 0 Å². The lowest BCUT2D eigenvalue weighted by molar-refractivity contribution is -0.153. The van der Waals surface area contributed by atoms with E-state index in [-0.39, 0.29) is 13.2 Å². The first-order chi connectivity index (χ1) is 8.55. The second-order valence-electron chi connectivity index (χ2n) is 4.57. The van der Waals surface area contributed by atoms with Gasteiger partial charge in [0.15, 0.2) is 0 Å². The summed E-state index contributed by atoms with van der Waals surface area (Å²) in [5, 5.41) is -2.08. The molecule has 0 aromatic carbocycles. The highest BCUT2D eigenvalue weighted by atomic mass is 32.2. The van der Waals surface area contributed by atoms with Crippen molar-refractivity contribution in [2.75, 3.05) is 13.2 Å². The van der Waals surface area contributed by atoms with E-state index in [0.29, 0.717) is 0 Å². The Morgan fingerprint density at radius 3 is 1.63 bits per heavy atom. The molecule has 0 atom stereocenters. The predicted octanol–water partition coefficient (Wildman–Crippen LogP) is 0.662. The van der Waals surface area contributed by atoms with Crippen molar-refractivity contribution in [3.05, 3.63) is 0 Å². The maximum atomic E-state index is 12.0. The lowest BCUT2D eigenvalue weighted by Gasteiger charge is -2.20. The zero-order valence-electron chi connectivity index (χ0n) is 11.8. The molecule has 19 heavy (non-hydrogen) atoms.